The predicted molar refractivity (Wildman–Crippen MR) is 63.1 cm³/mol. The standard InChI is InChI=1S/C12H15NO3/c1-15-11-8-10(13)7-6-9(11)4-3-5-12(14)16-2/h3-4,6-8H,5,13H2,1-2H3. The van der Waals surface area contributed by atoms with Gasteiger partial charge in [-0.2, -0.15) is 0 Å². The molecule has 0 amide bonds. The third kappa shape index (κ3) is 3.31. The number of esters is 1. The number of anilines is 1. The first-order valence-electron chi connectivity index (χ1n) is 4.84. The Morgan fingerprint density at radius 1 is 1.44 bits per heavy atom. The molecule has 0 radical (unpaired) electrons. The van der Waals surface area contributed by atoms with Crippen LogP contribution in [0.5, 0.6) is 5.75 Å². The number of rotatable bonds is 4. The van der Waals surface area contributed by atoms with Crippen molar-refractivity contribution in [2.45, 2.75) is 6.42 Å². The van der Waals surface area contributed by atoms with Gasteiger partial charge in [0.15, 0.2) is 0 Å². The SMILES string of the molecule is COC(=O)CC=Cc1ccc(N)cc1OC. The maximum absolute atomic E-state index is 10.9. The molecular formula is C12H15NO3. The van der Waals surface area contributed by atoms with Crippen LogP contribution in [-0.4, -0.2) is 20.2 Å². The summed E-state index contributed by atoms with van der Waals surface area (Å²) >= 11 is 0. The second-order valence-electron chi connectivity index (χ2n) is 3.18. The van der Waals surface area contributed by atoms with Crippen LogP contribution in [0.2, 0.25) is 0 Å². The van der Waals surface area contributed by atoms with E-state index >= 15 is 0 Å². The van der Waals surface area contributed by atoms with Crippen molar-refractivity contribution in [1.82, 2.24) is 0 Å². The lowest BCUT2D eigenvalue weighted by Crippen LogP contribution is -1.96. The Morgan fingerprint density at radius 3 is 2.81 bits per heavy atom. The molecule has 0 fully saturated rings. The summed E-state index contributed by atoms with van der Waals surface area (Å²) in [5, 5.41) is 0. The Hall–Kier alpha value is -1.97. The second kappa shape index (κ2) is 5.80. The monoisotopic (exact) mass is 221 g/mol. The molecule has 0 saturated carbocycles. The van der Waals surface area contributed by atoms with Crippen LogP contribution < -0.4 is 10.5 Å². The van der Waals surface area contributed by atoms with E-state index in [9.17, 15) is 4.79 Å². The van der Waals surface area contributed by atoms with Gasteiger partial charge in [0.05, 0.1) is 20.6 Å². The second-order valence-corrected chi connectivity index (χ2v) is 3.18. The molecular weight excluding hydrogens is 206 g/mol. The molecule has 0 spiro atoms. The summed E-state index contributed by atoms with van der Waals surface area (Å²) in [6, 6.07) is 5.35. The molecule has 2 N–H and O–H groups in total. The zero-order valence-corrected chi connectivity index (χ0v) is 9.40. The van der Waals surface area contributed by atoms with E-state index in [2.05, 4.69) is 4.74 Å². The fraction of sp³-hybridized carbons (Fsp3) is 0.250. The minimum atomic E-state index is -0.273. The lowest BCUT2D eigenvalue weighted by Gasteiger charge is -2.05. The summed E-state index contributed by atoms with van der Waals surface area (Å²) in [5.74, 6) is 0.409. The normalized spacial score (nSPS) is 10.4. The smallest absolute Gasteiger partial charge is 0.309 e. The number of hydrogen-bond acceptors (Lipinski definition) is 4. The molecule has 0 bridgehead atoms. The van der Waals surface area contributed by atoms with Crippen LogP contribution in [0.15, 0.2) is 24.3 Å². The number of hydrogen-bond donors (Lipinski definition) is 1. The predicted octanol–water partition coefficient (Wildman–Crippen LogP) is 1.85. The van der Waals surface area contributed by atoms with Crippen molar-refractivity contribution in [3.05, 3.63) is 29.8 Å². The summed E-state index contributed by atoms with van der Waals surface area (Å²) in [6.45, 7) is 0. The number of carbonyl (C=O) groups is 1. The largest absolute Gasteiger partial charge is 0.496 e. The first-order chi connectivity index (χ1) is 7.67. The highest BCUT2D eigenvalue weighted by molar-refractivity contribution is 5.73. The molecule has 0 aromatic heterocycles. The summed E-state index contributed by atoms with van der Waals surface area (Å²) < 4.78 is 9.68. The molecule has 16 heavy (non-hydrogen) atoms. The summed E-state index contributed by atoms with van der Waals surface area (Å²) in [7, 11) is 2.94. The first-order valence-corrected chi connectivity index (χ1v) is 4.84. The molecule has 1 aromatic carbocycles. The Morgan fingerprint density at radius 2 is 2.19 bits per heavy atom. The van der Waals surface area contributed by atoms with Crippen LogP contribution in [-0.2, 0) is 9.53 Å². The van der Waals surface area contributed by atoms with E-state index < -0.39 is 0 Å². The number of carbonyl (C=O) groups excluding carboxylic acids is 1. The van der Waals surface area contributed by atoms with Crippen LogP contribution in [0.1, 0.15) is 12.0 Å². The van der Waals surface area contributed by atoms with E-state index in [1.54, 1.807) is 31.4 Å². The van der Waals surface area contributed by atoms with Gasteiger partial charge in [-0.15, -0.1) is 0 Å². The molecule has 0 aliphatic heterocycles. The quantitative estimate of drug-likeness (QED) is 0.622. The van der Waals surface area contributed by atoms with Gasteiger partial charge in [0.25, 0.3) is 0 Å². The lowest BCUT2D eigenvalue weighted by atomic mass is 10.1. The molecule has 1 rings (SSSR count). The first kappa shape index (κ1) is 12.1. The van der Waals surface area contributed by atoms with Crippen molar-refractivity contribution < 1.29 is 14.3 Å². The van der Waals surface area contributed by atoms with E-state index in [4.69, 9.17) is 10.5 Å². The number of methoxy groups -OCH3 is 2. The van der Waals surface area contributed by atoms with E-state index in [-0.39, 0.29) is 12.4 Å². The summed E-state index contributed by atoms with van der Waals surface area (Å²) in [4.78, 5) is 10.9. The Labute approximate surface area is 94.7 Å². The Kier molecular flexibility index (Phi) is 4.39. The number of ether oxygens (including phenoxy) is 2. The van der Waals surface area contributed by atoms with Crippen molar-refractivity contribution in [3.8, 4) is 5.75 Å². The highest BCUT2D eigenvalue weighted by atomic mass is 16.5. The Bertz CT molecular complexity index is 399. The van der Waals surface area contributed by atoms with Crippen LogP contribution in [0.3, 0.4) is 0 Å². The van der Waals surface area contributed by atoms with Gasteiger partial charge in [0, 0.05) is 17.3 Å². The fourth-order valence-corrected chi connectivity index (χ4v) is 1.23. The van der Waals surface area contributed by atoms with E-state index in [1.807, 2.05) is 6.07 Å². The average molecular weight is 221 g/mol. The highest BCUT2D eigenvalue weighted by Gasteiger charge is 2.00. The van der Waals surface area contributed by atoms with Gasteiger partial charge >= 0.3 is 5.97 Å². The highest BCUT2D eigenvalue weighted by Crippen LogP contribution is 2.22. The van der Waals surface area contributed by atoms with Crippen molar-refractivity contribution in [2.24, 2.45) is 0 Å². The molecule has 0 heterocycles. The number of benzene rings is 1. The topological polar surface area (TPSA) is 61.5 Å². The molecule has 4 nitrogen and oxygen atoms in total. The average Bonchev–Trinajstić information content (AvgIpc) is 2.30. The molecule has 0 atom stereocenters. The molecule has 0 aliphatic rings. The zero-order valence-electron chi connectivity index (χ0n) is 9.40. The molecule has 86 valence electrons. The van der Waals surface area contributed by atoms with Gasteiger partial charge in [-0.3, -0.25) is 4.79 Å². The maximum Gasteiger partial charge on any atom is 0.309 e. The van der Waals surface area contributed by atoms with Gasteiger partial charge in [0.2, 0.25) is 0 Å². The molecule has 0 unspecified atom stereocenters. The summed E-state index contributed by atoms with van der Waals surface area (Å²) in [5.41, 5.74) is 7.14. The number of nitrogen functional groups attached to an aromatic ring is 1. The van der Waals surface area contributed by atoms with Gasteiger partial charge < -0.3 is 15.2 Å². The third-order valence-corrected chi connectivity index (χ3v) is 2.07. The van der Waals surface area contributed by atoms with Crippen LogP contribution in [0.4, 0.5) is 5.69 Å². The zero-order chi connectivity index (χ0) is 12.0. The number of nitrogens with two attached hydrogens (primary N) is 1. The van der Waals surface area contributed by atoms with E-state index in [0.717, 1.165) is 5.56 Å². The van der Waals surface area contributed by atoms with Gasteiger partial charge in [0.1, 0.15) is 5.75 Å². The van der Waals surface area contributed by atoms with E-state index in [1.165, 1.54) is 7.11 Å². The lowest BCUT2D eigenvalue weighted by molar-refractivity contribution is -0.139. The van der Waals surface area contributed by atoms with Crippen LogP contribution >= 0.6 is 0 Å². The van der Waals surface area contributed by atoms with Gasteiger partial charge in [-0.1, -0.05) is 12.2 Å². The minimum absolute atomic E-state index is 0.240. The van der Waals surface area contributed by atoms with Crippen LogP contribution in [0, 0.1) is 0 Å². The molecule has 1 aromatic rings. The van der Waals surface area contributed by atoms with Gasteiger partial charge in [-0.05, 0) is 12.1 Å². The van der Waals surface area contributed by atoms with Crippen molar-refractivity contribution in [1.29, 1.82) is 0 Å². The van der Waals surface area contributed by atoms with Gasteiger partial charge in [-0.25, -0.2) is 0 Å². The van der Waals surface area contributed by atoms with Crippen LogP contribution in [0.25, 0.3) is 6.08 Å². The van der Waals surface area contributed by atoms with Crippen molar-refractivity contribution >= 4 is 17.7 Å². The Balaban J connectivity index is 2.76. The summed E-state index contributed by atoms with van der Waals surface area (Å²) in [6.07, 6.45) is 3.76. The minimum Gasteiger partial charge on any atom is -0.496 e. The molecule has 0 saturated heterocycles. The third-order valence-electron chi connectivity index (χ3n) is 2.07. The van der Waals surface area contributed by atoms with Crippen molar-refractivity contribution in [3.63, 3.8) is 0 Å². The maximum atomic E-state index is 10.9. The molecule has 0 aliphatic carbocycles. The molecule has 4 heteroatoms. The fourth-order valence-electron chi connectivity index (χ4n) is 1.23. The van der Waals surface area contributed by atoms with Crippen molar-refractivity contribution in [2.75, 3.05) is 20.0 Å². The van der Waals surface area contributed by atoms with E-state index in [0.29, 0.717) is 11.4 Å².